The van der Waals surface area contributed by atoms with Gasteiger partial charge in [-0.25, -0.2) is 4.39 Å². The van der Waals surface area contributed by atoms with Gasteiger partial charge in [-0.3, -0.25) is 0 Å². The van der Waals surface area contributed by atoms with Crippen LogP contribution in [0.5, 0.6) is 5.75 Å². The summed E-state index contributed by atoms with van der Waals surface area (Å²) in [6, 6.07) is 14.9. The van der Waals surface area contributed by atoms with Crippen molar-refractivity contribution >= 4 is 17.4 Å². The lowest BCUT2D eigenvalue weighted by atomic mass is 9.84. The van der Waals surface area contributed by atoms with Crippen LogP contribution in [0.2, 0.25) is 5.02 Å². The highest BCUT2D eigenvalue weighted by Crippen LogP contribution is 2.42. The van der Waals surface area contributed by atoms with Crippen molar-refractivity contribution in [2.45, 2.75) is 5.92 Å². The van der Waals surface area contributed by atoms with Crippen LogP contribution in [-0.2, 0) is 0 Å². The van der Waals surface area contributed by atoms with Gasteiger partial charge in [-0.15, -0.1) is 0 Å². The fourth-order valence-electron chi connectivity index (χ4n) is 2.51. The van der Waals surface area contributed by atoms with Gasteiger partial charge in [-0.05, 0) is 48.5 Å². The van der Waals surface area contributed by atoms with Crippen LogP contribution in [0, 0.1) is 34.4 Å². The van der Waals surface area contributed by atoms with Crippen LogP contribution in [0.25, 0.3) is 5.76 Å². The maximum atomic E-state index is 13.1. The van der Waals surface area contributed by atoms with Gasteiger partial charge >= 0.3 is 0 Å². The van der Waals surface area contributed by atoms with E-state index >= 15 is 0 Å². The van der Waals surface area contributed by atoms with E-state index in [2.05, 4.69) is 0 Å². The molecule has 0 spiro atoms. The molecule has 0 saturated carbocycles. The smallest absolute Gasteiger partial charge is 0.143 e. The van der Waals surface area contributed by atoms with Gasteiger partial charge in [-0.1, -0.05) is 11.6 Å². The molecule has 1 atom stereocenters. The van der Waals surface area contributed by atoms with Crippen molar-refractivity contribution in [2.75, 3.05) is 0 Å². The average molecular weight is 325 g/mol. The summed E-state index contributed by atoms with van der Waals surface area (Å²) in [4.78, 5) is 0. The molecule has 112 valence electrons. The summed E-state index contributed by atoms with van der Waals surface area (Å²) >= 11 is 6.02. The van der Waals surface area contributed by atoms with Gasteiger partial charge in [0.15, 0.2) is 0 Å². The van der Waals surface area contributed by atoms with Crippen molar-refractivity contribution in [3.8, 4) is 17.9 Å². The molecule has 2 aromatic rings. The Bertz CT molecular complexity index is 848. The molecule has 2 aromatic carbocycles. The number of rotatable bonds is 2. The molecule has 1 heterocycles. The summed E-state index contributed by atoms with van der Waals surface area (Å²) in [6.45, 7) is 0. The minimum Gasteiger partial charge on any atom is -0.457 e. The maximum absolute atomic E-state index is 13.1. The molecule has 0 radical (unpaired) electrons. The predicted molar refractivity (Wildman–Crippen MR) is 83.9 cm³/mol. The fraction of sp³-hybridized carbons (Fsp3) is 0.111. The molecular weight excluding hydrogens is 315 g/mol. The third-order valence-electron chi connectivity index (χ3n) is 3.65. The predicted octanol–water partition coefficient (Wildman–Crippen LogP) is 4.66. The number of fused-ring (bicyclic) bond motifs is 1. The van der Waals surface area contributed by atoms with Gasteiger partial charge in [0.2, 0.25) is 0 Å². The van der Waals surface area contributed by atoms with E-state index < -0.39 is 11.8 Å². The Morgan fingerprint density at radius 3 is 2.43 bits per heavy atom. The lowest BCUT2D eigenvalue weighted by molar-refractivity contribution is 0.479. The van der Waals surface area contributed by atoms with Crippen molar-refractivity contribution in [3.05, 3.63) is 70.5 Å². The van der Waals surface area contributed by atoms with E-state index in [-0.39, 0.29) is 5.82 Å². The molecule has 0 fully saturated rings. The third-order valence-corrected chi connectivity index (χ3v) is 3.88. The van der Waals surface area contributed by atoms with Crippen LogP contribution >= 0.6 is 11.6 Å². The molecule has 5 heteroatoms. The molecule has 0 bridgehead atoms. The van der Waals surface area contributed by atoms with Crippen molar-refractivity contribution in [2.24, 2.45) is 5.92 Å². The van der Waals surface area contributed by atoms with Gasteiger partial charge in [0.05, 0.1) is 12.1 Å². The number of halogens is 2. The molecule has 0 aliphatic carbocycles. The Labute approximate surface area is 137 Å². The first-order valence-electron chi connectivity index (χ1n) is 6.86. The van der Waals surface area contributed by atoms with Crippen LogP contribution in [0.15, 0.2) is 48.5 Å². The van der Waals surface area contributed by atoms with E-state index in [1.54, 1.807) is 36.4 Å². The van der Waals surface area contributed by atoms with Crippen molar-refractivity contribution in [3.63, 3.8) is 0 Å². The highest BCUT2D eigenvalue weighted by molar-refractivity contribution is 6.30. The molecule has 0 N–H and O–H groups in total. The molecule has 0 amide bonds. The SMILES string of the molecule is N#CC(C#N)C1C=C(c2ccc(F)cc2)Oc2ccc(Cl)cc21. The monoisotopic (exact) mass is 324 g/mol. The van der Waals surface area contributed by atoms with Crippen LogP contribution in [-0.4, -0.2) is 0 Å². The van der Waals surface area contributed by atoms with E-state index in [9.17, 15) is 14.9 Å². The number of hydrogen-bond donors (Lipinski definition) is 0. The zero-order chi connectivity index (χ0) is 16.4. The van der Waals surface area contributed by atoms with Crippen LogP contribution in [0.3, 0.4) is 0 Å². The first kappa shape index (κ1) is 15.1. The van der Waals surface area contributed by atoms with Crippen molar-refractivity contribution < 1.29 is 9.13 Å². The number of allylic oxidation sites excluding steroid dienone is 1. The number of nitrogens with zero attached hydrogens (tertiary/aromatic N) is 2. The van der Waals surface area contributed by atoms with E-state index in [1.807, 2.05) is 12.1 Å². The molecular formula is C18H10ClFN2O. The Kier molecular flexibility index (Phi) is 4.02. The van der Waals surface area contributed by atoms with E-state index in [1.165, 1.54) is 12.1 Å². The van der Waals surface area contributed by atoms with Gasteiger partial charge in [-0.2, -0.15) is 10.5 Å². The molecule has 3 nitrogen and oxygen atoms in total. The Morgan fingerprint density at radius 1 is 1.09 bits per heavy atom. The number of benzene rings is 2. The highest BCUT2D eigenvalue weighted by Gasteiger charge is 2.29. The van der Waals surface area contributed by atoms with Crippen molar-refractivity contribution in [1.29, 1.82) is 10.5 Å². The summed E-state index contributed by atoms with van der Waals surface area (Å²) in [6.07, 6.45) is 1.71. The second kappa shape index (κ2) is 6.12. The molecule has 0 aromatic heterocycles. The number of hydrogen-bond acceptors (Lipinski definition) is 3. The van der Waals surface area contributed by atoms with Gasteiger partial charge in [0.25, 0.3) is 0 Å². The molecule has 3 rings (SSSR count). The largest absolute Gasteiger partial charge is 0.457 e. The second-order valence-corrected chi connectivity index (χ2v) is 5.52. The van der Waals surface area contributed by atoms with Gasteiger partial charge < -0.3 is 4.74 Å². The van der Waals surface area contributed by atoms with Gasteiger partial charge in [0, 0.05) is 22.1 Å². The zero-order valence-corrected chi connectivity index (χ0v) is 12.6. The summed E-state index contributed by atoms with van der Waals surface area (Å²) in [7, 11) is 0. The molecule has 1 unspecified atom stereocenters. The molecule has 23 heavy (non-hydrogen) atoms. The van der Waals surface area contributed by atoms with E-state index in [0.29, 0.717) is 27.7 Å². The first-order valence-corrected chi connectivity index (χ1v) is 7.24. The number of nitriles is 2. The molecule has 1 aliphatic heterocycles. The first-order chi connectivity index (χ1) is 11.1. The van der Waals surface area contributed by atoms with E-state index in [4.69, 9.17) is 16.3 Å². The summed E-state index contributed by atoms with van der Waals surface area (Å²) in [5.41, 5.74) is 1.36. The Hall–Kier alpha value is -2.82. The topological polar surface area (TPSA) is 56.8 Å². The zero-order valence-electron chi connectivity index (χ0n) is 11.8. The lowest BCUT2D eigenvalue weighted by Gasteiger charge is -2.25. The highest BCUT2D eigenvalue weighted by atomic mass is 35.5. The summed E-state index contributed by atoms with van der Waals surface area (Å²) in [5, 5.41) is 19.0. The molecule has 1 aliphatic rings. The van der Waals surface area contributed by atoms with E-state index in [0.717, 1.165) is 0 Å². The lowest BCUT2D eigenvalue weighted by Crippen LogP contribution is -2.15. The average Bonchev–Trinajstić information content (AvgIpc) is 2.56. The standard InChI is InChI=1S/C18H10ClFN2O/c19-13-3-6-17-16(7-13)15(12(9-21)10-22)8-18(23-17)11-1-4-14(20)5-2-11/h1-8,12,15H. The van der Waals surface area contributed by atoms with Crippen LogP contribution in [0.1, 0.15) is 17.0 Å². The second-order valence-electron chi connectivity index (χ2n) is 5.08. The normalized spacial score (nSPS) is 15.9. The summed E-state index contributed by atoms with van der Waals surface area (Å²) < 4.78 is 18.9. The maximum Gasteiger partial charge on any atom is 0.143 e. The van der Waals surface area contributed by atoms with Crippen LogP contribution < -0.4 is 4.74 Å². The quantitative estimate of drug-likeness (QED) is 0.807. The molecule has 0 saturated heterocycles. The van der Waals surface area contributed by atoms with Crippen LogP contribution in [0.4, 0.5) is 4.39 Å². The minimum atomic E-state index is -0.869. The minimum absolute atomic E-state index is 0.346. The van der Waals surface area contributed by atoms with Crippen molar-refractivity contribution in [1.82, 2.24) is 0 Å². The summed E-state index contributed by atoms with van der Waals surface area (Å²) in [5.74, 6) is -0.656. The number of ether oxygens (including phenoxy) is 1. The Balaban J connectivity index is 2.11. The van der Waals surface area contributed by atoms with Gasteiger partial charge in [0.1, 0.15) is 23.2 Å². The Morgan fingerprint density at radius 2 is 1.78 bits per heavy atom. The third kappa shape index (κ3) is 2.90. The fourth-order valence-corrected chi connectivity index (χ4v) is 2.69.